The molecule has 2 aromatic rings. The zero-order chi connectivity index (χ0) is 14.7. The van der Waals surface area contributed by atoms with Crippen LogP contribution in [0.25, 0.3) is 0 Å². The van der Waals surface area contributed by atoms with Crippen molar-refractivity contribution in [2.24, 2.45) is 0 Å². The van der Waals surface area contributed by atoms with Crippen LogP contribution in [0.2, 0.25) is 0 Å². The minimum atomic E-state index is 0.382. The molecule has 0 atom stereocenters. The first kappa shape index (κ1) is 13.5. The summed E-state index contributed by atoms with van der Waals surface area (Å²) in [6.45, 7) is 3.64. The summed E-state index contributed by atoms with van der Waals surface area (Å²) in [6, 6.07) is 10.4. The van der Waals surface area contributed by atoms with E-state index in [-0.39, 0.29) is 0 Å². The molecule has 6 nitrogen and oxygen atoms in total. The van der Waals surface area contributed by atoms with Gasteiger partial charge in [0, 0.05) is 31.9 Å². The van der Waals surface area contributed by atoms with Gasteiger partial charge in [0.05, 0.1) is 7.11 Å². The number of hydrogen-bond acceptors (Lipinski definition) is 6. The van der Waals surface area contributed by atoms with E-state index in [0.717, 1.165) is 32.0 Å². The molecule has 1 fully saturated rings. The zero-order valence-electron chi connectivity index (χ0n) is 12.1. The van der Waals surface area contributed by atoms with Gasteiger partial charge < -0.3 is 20.3 Å². The molecule has 3 rings (SSSR count). The Bertz CT molecular complexity index is 596. The van der Waals surface area contributed by atoms with E-state index in [1.807, 2.05) is 6.07 Å². The highest BCUT2D eigenvalue weighted by Gasteiger charge is 2.22. The summed E-state index contributed by atoms with van der Waals surface area (Å²) in [6.07, 6.45) is 1.48. The third kappa shape index (κ3) is 2.69. The lowest BCUT2D eigenvalue weighted by atomic mass is 10.2. The molecule has 0 radical (unpaired) electrons. The fourth-order valence-corrected chi connectivity index (χ4v) is 2.61. The number of ether oxygens (including phenoxy) is 1. The third-order valence-corrected chi connectivity index (χ3v) is 3.72. The molecule has 1 aliphatic heterocycles. The van der Waals surface area contributed by atoms with E-state index in [0.29, 0.717) is 11.6 Å². The Morgan fingerprint density at radius 1 is 1.00 bits per heavy atom. The Labute approximate surface area is 124 Å². The number of hydrogen-bond donors (Lipinski definition) is 1. The van der Waals surface area contributed by atoms with Crippen LogP contribution in [0, 0.1) is 0 Å². The third-order valence-electron chi connectivity index (χ3n) is 3.72. The molecule has 0 aliphatic carbocycles. The summed E-state index contributed by atoms with van der Waals surface area (Å²) in [7, 11) is 1.60. The van der Waals surface area contributed by atoms with Crippen LogP contribution in [0.15, 0.2) is 36.7 Å². The van der Waals surface area contributed by atoms with Crippen molar-refractivity contribution in [2.45, 2.75) is 0 Å². The molecular formula is C15H19N5O. The summed E-state index contributed by atoms with van der Waals surface area (Å²) in [4.78, 5) is 12.9. The second kappa shape index (κ2) is 5.87. The SMILES string of the molecule is COc1c(N)ncnc1N1CCN(c2ccccc2)CC1. The molecule has 110 valence electrons. The van der Waals surface area contributed by atoms with Crippen molar-refractivity contribution in [3.05, 3.63) is 36.7 Å². The second-order valence-electron chi connectivity index (χ2n) is 4.93. The molecule has 1 saturated heterocycles. The van der Waals surface area contributed by atoms with E-state index in [1.54, 1.807) is 7.11 Å². The van der Waals surface area contributed by atoms with E-state index in [9.17, 15) is 0 Å². The molecule has 6 heteroatoms. The first-order valence-corrected chi connectivity index (χ1v) is 6.99. The molecule has 0 spiro atoms. The van der Waals surface area contributed by atoms with Gasteiger partial charge in [-0.05, 0) is 12.1 Å². The molecule has 1 aliphatic rings. The van der Waals surface area contributed by atoms with Crippen molar-refractivity contribution < 1.29 is 4.74 Å². The van der Waals surface area contributed by atoms with Crippen molar-refractivity contribution >= 4 is 17.3 Å². The van der Waals surface area contributed by atoms with Gasteiger partial charge in [-0.2, -0.15) is 0 Å². The lowest BCUT2D eigenvalue weighted by molar-refractivity contribution is 0.412. The highest BCUT2D eigenvalue weighted by atomic mass is 16.5. The molecule has 21 heavy (non-hydrogen) atoms. The van der Waals surface area contributed by atoms with E-state index in [4.69, 9.17) is 10.5 Å². The number of anilines is 3. The van der Waals surface area contributed by atoms with Crippen LogP contribution in [0.4, 0.5) is 17.3 Å². The first-order valence-electron chi connectivity index (χ1n) is 6.99. The Morgan fingerprint density at radius 2 is 1.67 bits per heavy atom. The van der Waals surface area contributed by atoms with E-state index < -0.39 is 0 Å². The molecular weight excluding hydrogens is 266 g/mol. The molecule has 1 aromatic heterocycles. The van der Waals surface area contributed by atoms with Gasteiger partial charge in [-0.25, -0.2) is 9.97 Å². The number of para-hydroxylation sites is 1. The van der Waals surface area contributed by atoms with Crippen LogP contribution < -0.4 is 20.3 Å². The van der Waals surface area contributed by atoms with Crippen LogP contribution in [0.1, 0.15) is 0 Å². The highest BCUT2D eigenvalue weighted by molar-refractivity contribution is 5.63. The number of nitrogens with two attached hydrogens (primary N) is 1. The van der Waals surface area contributed by atoms with Crippen LogP contribution >= 0.6 is 0 Å². The van der Waals surface area contributed by atoms with Crippen molar-refractivity contribution in [1.29, 1.82) is 0 Å². The molecule has 0 saturated carbocycles. The molecule has 2 N–H and O–H groups in total. The average Bonchev–Trinajstić information content (AvgIpc) is 2.55. The van der Waals surface area contributed by atoms with Gasteiger partial charge in [-0.1, -0.05) is 18.2 Å². The van der Waals surface area contributed by atoms with Gasteiger partial charge in [0.15, 0.2) is 11.6 Å². The highest BCUT2D eigenvalue weighted by Crippen LogP contribution is 2.30. The maximum absolute atomic E-state index is 5.84. The minimum Gasteiger partial charge on any atom is -0.490 e. The maximum atomic E-state index is 5.84. The average molecular weight is 285 g/mol. The van der Waals surface area contributed by atoms with Gasteiger partial charge >= 0.3 is 0 Å². The van der Waals surface area contributed by atoms with Gasteiger partial charge in [-0.3, -0.25) is 0 Å². The lowest BCUT2D eigenvalue weighted by Gasteiger charge is -2.37. The van der Waals surface area contributed by atoms with Crippen LogP contribution in [0.3, 0.4) is 0 Å². The number of nitrogen functional groups attached to an aromatic ring is 1. The van der Waals surface area contributed by atoms with E-state index in [2.05, 4.69) is 44.0 Å². The monoisotopic (exact) mass is 285 g/mol. The first-order chi connectivity index (χ1) is 10.3. The molecule has 0 bridgehead atoms. The molecule has 2 heterocycles. The van der Waals surface area contributed by atoms with Gasteiger partial charge in [0.2, 0.25) is 5.75 Å². The standard InChI is InChI=1S/C15H19N5O/c1-21-13-14(16)17-11-18-15(13)20-9-7-19(8-10-20)12-5-3-2-4-6-12/h2-6,11H,7-10H2,1H3,(H2,16,17,18). The summed E-state index contributed by atoms with van der Waals surface area (Å²) >= 11 is 0. The Morgan fingerprint density at radius 3 is 2.33 bits per heavy atom. The number of aromatic nitrogens is 2. The van der Waals surface area contributed by atoms with E-state index in [1.165, 1.54) is 12.0 Å². The number of nitrogens with zero attached hydrogens (tertiary/aromatic N) is 4. The zero-order valence-corrected chi connectivity index (χ0v) is 12.1. The smallest absolute Gasteiger partial charge is 0.204 e. The topological polar surface area (TPSA) is 67.5 Å². The van der Waals surface area contributed by atoms with Gasteiger partial charge in [-0.15, -0.1) is 0 Å². The van der Waals surface area contributed by atoms with Gasteiger partial charge in [0.1, 0.15) is 6.33 Å². The molecule has 1 aromatic carbocycles. The van der Waals surface area contributed by atoms with Crippen molar-refractivity contribution in [1.82, 2.24) is 9.97 Å². The summed E-state index contributed by atoms with van der Waals surface area (Å²) in [5, 5.41) is 0. The predicted octanol–water partition coefficient (Wildman–Crippen LogP) is 1.39. The lowest BCUT2D eigenvalue weighted by Crippen LogP contribution is -2.47. The molecule has 0 unspecified atom stereocenters. The Balaban J connectivity index is 1.73. The number of rotatable bonds is 3. The fourth-order valence-electron chi connectivity index (χ4n) is 2.61. The largest absolute Gasteiger partial charge is 0.490 e. The number of piperazine rings is 1. The quantitative estimate of drug-likeness (QED) is 0.919. The number of methoxy groups -OCH3 is 1. The maximum Gasteiger partial charge on any atom is 0.204 e. The molecule has 0 amide bonds. The van der Waals surface area contributed by atoms with Crippen molar-refractivity contribution in [2.75, 3.05) is 48.8 Å². The van der Waals surface area contributed by atoms with Crippen molar-refractivity contribution in [3.63, 3.8) is 0 Å². The number of benzene rings is 1. The normalized spacial score (nSPS) is 15.1. The van der Waals surface area contributed by atoms with Gasteiger partial charge in [0.25, 0.3) is 0 Å². The van der Waals surface area contributed by atoms with E-state index >= 15 is 0 Å². The summed E-state index contributed by atoms with van der Waals surface area (Å²) in [5.41, 5.74) is 7.10. The Kier molecular flexibility index (Phi) is 3.77. The predicted molar refractivity (Wildman–Crippen MR) is 83.9 cm³/mol. The van der Waals surface area contributed by atoms with Crippen LogP contribution in [0.5, 0.6) is 5.75 Å². The Hall–Kier alpha value is -2.50. The summed E-state index contributed by atoms with van der Waals surface area (Å²) in [5.74, 6) is 1.72. The fraction of sp³-hybridized carbons (Fsp3) is 0.333. The van der Waals surface area contributed by atoms with Crippen LogP contribution in [-0.4, -0.2) is 43.3 Å². The second-order valence-corrected chi connectivity index (χ2v) is 4.93. The summed E-state index contributed by atoms with van der Waals surface area (Å²) < 4.78 is 5.34. The van der Waals surface area contributed by atoms with Crippen molar-refractivity contribution in [3.8, 4) is 5.75 Å². The van der Waals surface area contributed by atoms with Crippen LogP contribution in [-0.2, 0) is 0 Å². The minimum absolute atomic E-state index is 0.382.